The van der Waals surface area contributed by atoms with Crippen LogP contribution in [-0.2, 0) is 14.8 Å². The Morgan fingerprint density at radius 3 is 2.32 bits per heavy atom. The van der Waals surface area contributed by atoms with Crippen molar-refractivity contribution in [3.63, 3.8) is 0 Å². The van der Waals surface area contributed by atoms with Crippen LogP contribution in [0.2, 0.25) is 0 Å². The number of sulfonamides is 1. The SMILES string of the molecule is CC(C)C(=O)Nc1ccc(S(=O)(=O)NCCO)cc1. The maximum Gasteiger partial charge on any atom is 0.240 e. The largest absolute Gasteiger partial charge is 0.395 e. The van der Waals surface area contributed by atoms with Gasteiger partial charge in [-0.05, 0) is 24.3 Å². The summed E-state index contributed by atoms with van der Waals surface area (Å²) in [6.07, 6.45) is 0. The lowest BCUT2D eigenvalue weighted by atomic mass is 10.2. The van der Waals surface area contributed by atoms with E-state index in [9.17, 15) is 13.2 Å². The normalized spacial score (nSPS) is 11.6. The van der Waals surface area contributed by atoms with E-state index in [-0.39, 0.29) is 29.9 Å². The molecule has 1 aromatic carbocycles. The molecule has 0 aliphatic heterocycles. The second kappa shape index (κ2) is 6.65. The van der Waals surface area contributed by atoms with Crippen molar-refractivity contribution in [2.24, 2.45) is 5.92 Å². The van der Waals surface area contributed by atoms with Crippen LogP contribution in [0, 0.1) is 5.92 Å². The van der Waals surface area contributed by atoms with E-state index in [1.807, 2.05) is 0 Å². The second-order valence-electron chi connectivity index (χ2n) is 4.29. The summed E-state index contributed by atoms with van der Waals surface area (Å²) in [5.41, 5.74) is 0.541. The molecule has 6 nitrogen and oxygen atoms in total. The first-order chi connectivity index (χ1) is 8.86. The van der Waals surface area contributed by atoms with Crippen molar-refractivity contribution in [1.29, 1.82) is 0 Å². The smallest absolute Gasteiger partial charge is 0.240 e. The van der Waals surface area contributed by atoms with E-state index in [1.54, 1.807) is 13.8 Å². The Kier molecular flexibility index (Phi) is 5.46. The number of aliphatic hydroxyl groups excluding tert-OH is 1. The van der Waals surface area contributed by atoms with Crippen molar-refractivity contribution in [1.82, 2.24) is 4.72 Å². The van der Waals surface area contributed by atoms with Gasteiger partial charge in [0.25, 0.3) is 0 Å². The second-order valence-corrected chi connectivity index (χ2v) is 6.06. The van der Waals surface area contributed by atoms with Gasteiger partial charge in [0.2, 0.25) is 15.9 Å². The van der Waals surface area contributed by atoms with Crippen molar-refractivity contribution < 1.29 is 18.3 Å². The van der Waals surface area contributed by atoms with Gasteiger partial charge in [-0.25, -0.2) is 13.1 Å². The lowest BCUT2D eigenvalue weighted by Gasteiger charge is -2.09. The first-order valence-corrected chi connectivity index (χ1v) is 7.36. The molecule has 0 fully saturated rings. The van der Waals surface area contributed by atoms with Crippen LogP contribution in [0.25, 0.3) is 0 Å². The zero-order chi connectivity index (χ0) is 14.5. The summed E-state index contributed by atoms with van der Waals surface area (Å²) >= 11 is 0. The van der Waals surface area contributed by atoms with Crippen LogP contribution < -0.4 is 10.0 Å². The number of hydrogen-bond acceptors (Lipinski definition) is 4. The molecular formula is C12H18N2O4S. The molecule has 0 bridgehead atoms. The molecule has 0 aliphatic rings. The maximum atomic E-state index is 11.7. The summed E-state index contributed by atoms with van der Waals surface area (Å²) in [5, 5.41) is 11.3. The molecule has 3 N–H and O–H groups in total. The molecule has 1 amide bonds. The third kappa shape index (κ3) is 4.62. The first kappa shape index (κ1) is 15.6. The van der Waals surface area contributed by atoms with E-state index in [0.717, 1.165) is 0 Å². The Hall–Kier alpha value is -1.44. The van der Waals surface area contributed by atoms with E-state index in [0.29, 0.717) is 5.69 Å². The average molecular weight is 286 g/mol. The lowest BCUT2D eigenvalue weighted by Crippen LogP contribution is -2.26. The molecule has 0 heterocycles. The number of benzene rings is 1. The number of rotatable bonds is 6. The predicted molar refractivity (Wildman–Crippen MR) is 72.2 cm³/mol. The van der Waals surface area contributed by atoms with E-state index < -0.39 is 10.0 Å². The summed E-state index contributed by atoms with van der Waals surface area (Å²) in [6, 6.07) is 5.84. The van der Waals surface area contributed by atoms with Crippen molar-refractivity contribution in [2.75, 3.05) is 18.5 Å². The molecule has 0 spiro atoms. The van der Waals surface area contributed by atoms with Crippen LogP contribution in [0.1, 0.15) is 13.8 Å². The molecular weight excluding hydrogens is 268 g/mol. The molecule has 0 aromatic heterocycles. The Balaban J connectivity index is 2.79. The van der Waals surface area contributed by atoms with E-state index in [2.05, 4.69) is 10.0 Å². The molecule has 0 aliphatic carbocycles. The van der Waals surface area contributed by atoms with Gasteiger partial charge in [0.1, 0.15) is 0 Å². The van der Waals surface area contributed by atoms with Crippen molar-refractivity contribution in [3.05, 3.63) is 24.3 Å². The third-order valence-corrected chi connectivity index (χ3v) is 3.84. The van der Waals surface area contributed by atoms with Crippen LogP contribution in [0.15, 0.2) is 29.2 Å². The summed E-state index contributed by atoms with van der Waals surface area (Å²) in [4.78, 5) is 11.6. The molecule has 0 unspecified atom stereocenters. The fourth-order valence-corrected chi connectivity index (χ4v) is 2.29. The standard InChI is InChI=1S/C12H18N2O4S/c1-9(2)12(16)14-10-3-5-11(6-4-10)19(17,18)13-7-8-15/h3-6,9,13,15H,7-8H2,1-2H3,(H,14,16). The van der Waals surface area contributed by atoms with Crippen LogP contribution in [-0.4, -0.2) is 32.6 Å². The van der Waals surface area contributed by atoms with Gasteiger partial charge in [-0.3, -0.25) is 4.79 Å². The number of aliphatic hydroxyl groups is 1. The molecule has 0 atom stereocenters. The van der Waals surface area contributed by atoms with Crippen LogP contribution in [0.5, 0.6) is 0 Å². The van der Waals surface area contributed by atoms with Gasteiger partial charge < -0.3 is 10.4 Å². The van der Waals surface area contributed by atoms with E-state index in [4.69, 9.17) is 5.11 Å². The maximum absolute atomic E-state index is 11.7. The highest BCUT2D eigenvalue weighted by Crippen LogP contribution is 2.14. The van der Waals surface area contributed by atoms with Gasteiger partial charge in [0.05, 0.1) is 11.5 Å². The number of hydrogen-bond donors (Lipinski definition) is 3. The number of amides is 1. The van der Waals surface area contributed by atoms with E-state index >= 15 is 0 Å². The zero-order valence-electron chi connectivity index (χ0n) is 10.9. The highest BCUT2D eigenvalue weighted by molar-refractivity contribution is 7.89. The number of nitrogens with one attached hydrogen (secondary N) is 2. The minimum atomic E-state index is -3.61. The summed E-state index contributed by atoms with van der Waals surface area (Å²) in [5.74, 6) is -0.274. The molecule has 7 heteroatoms. The average Bonchev–Trinajstić information content (AvgIpc) is 2.37. The summed E-state index contributed by atoms with van der Waals surface area (Å²) in [6.45, 7) is 3.25. The highest BCUT2D eigenvalue weighted by Gasteiger charge is 2.13. The van der Waals surface area contributed by atoms with Gasteiger partial charge in [-0.2, -0.15) is 0 Å². The van der Waals surface area contributed by atoms with Crippen LogP contribution >= 0.6 is 0 Å². The van der Waals surface area contributed by atoms with Gasteiger partial charge in [0, 0.05) is 18.2 Å². The minimum absolute atomic E-state index is 0.0336. The van der Waals surface area contributed by atoms with Gasteiger partial charge in [-0.1, -0.05) is 13.8 Å². The zero-order valence-corrected chi connectivity index (χ0v) is 11.7. The first-order valence-electron chi connectivity index (χ1n) is 5.88. The molecule has 106 valence electrons. The minimum Gasteiger partial charge on any atom is -0.395 e. The molecule has 1 aromatic rings. The predicted octanol–water partition coefficient (Wildman–Crippen LogP) is 0.552. The van der Waals surface area contributed by atoms with Crippen LogP contribution in [0.4, 0.5) is 5.69 Å². The Bertz CT molecular complexity index is 523. The number of carbonyl (C=O) groups excluding carboxylic acids is 1. The molecule has 0 saturated heterocycles. The molecule has 1 rings (SSSR count). The number of anilines is 1. The van der Waals surface area contributed by atoms with Crippen molar-refractivity contribution >= 4 is 21.6 Å². The van der Waals surface area contributed by atoms with Gasteiger partial charge >= 0.3 is 0 Å². The molecule has 0 saturated carbocycles. The van der Waals surface area contributed by atoms with Crippen molar-refractivity contribution in [3.8, 4) is 0 Å². The van der Waals surface area contributed by atoms with E-state index in [1.165, 1.54) is 24.3 Å². The quantitative estimate of drug-likeness (QED) is 0.711. The summed E-state index contributed by atoms with van der Waals surface area (Å²) in [7, 11) is -3.61. The van der Waals surface area contributed by atoms with Gasteiger partial charge in [-0.15, -0.1) is 0 Å². The fraction of sp³-hybridized carbons (Fsp3) is 0.417. The summed E-state index contributed by atoms with van der Waals surface area (Å²) < 4.78 is 25.7. The Morgan fingerprint density at radius 2 is 1.84 bits per heavy atom. The van der Waals surface area contributed by atoms with Crippen LogP contribution in [0.3, 0.4) is 0 Å². The third-order valence-electron chi connectivity index (χ3n) is 2.36. The fourth-order valence-electron chi connectivity index (χ4n) is 1.27. The van der Waals surface area contributed by atoms with Crippen molar-refractivity contribution in [2.45, 2.75) is 18.7 Å². The Labute approximate surface area is 112 Å². The molecule has 19 heavy (non-hydrogen) atoms. The topological polar surface area (TPSA) is 95.5 Å². The monoisotopic (exact) mass is 286 g/mol. The number of carbonyl (C=O) groups is 1. The molecule has 0 radical (unpaired) electrons. The van der Waals surface area contributed by atoms with Gasteiger partial charge in [0.15, 0.2) is 0 Å². The highest BCUT2D eigenvalue weighted by atomic mass is 32.2. The Morgan fingerprint density at radius 1 is 1.26 bits per heavy atom. The lowest BCUT2D eigenvalue weighted by molar-refractivity contribution is -0.118.